The van der Waals surface area contributed by atoms with Crippen molar-refractivity contribution in [3.63, 3.8) is 0 Å². The maximum Gasteiger partial charge on any atom is 0.429 e. The van der Waals surface area contributed by atoms with Crippen molar-refractivity contribution in [2.24, 2.45) is 0 Å². The molecular weight excluding hydrogens is 440 g/mol. The summed E-state index contributed by atoms with van der Waals surface area (Å²) in [5.74, 6) is -0.372. The zero-order chi connectivity index (χ0) is 25.0. The summed E-state index contributed by atoms with van der Waals surface area (Å²) >= 11 is 0. The minimum absolute atomic E-state index is 0.286. The quantitative estimate of drug-likeness (QED) is 0.488. The molecule has 3 aromatic rings. The van der Waals surface area contributed by atoms with Crippen molar-refractivity contribution in [2.45, 2.75) is 39.8 Å². The van der Waals surface area contributed by atoms with E-state index in [0.717, 1.165) is 28.1 Å². The fraction of sp³-hybridized carbons (Fsp3) is 0.250. The minimum Gasteiger partial charge on any atom is -0.442 e. The topological polar surface area (TPSA) is 74.8 Å². The second kappa shape index (κ2) is 10.0. The van der Waals surface area contributed by atoms with Crippen LogP contribution in [0, 0.1) is 0 Å². The van der Waals surface area contributed by atoms with Crippen LogP contribution in [0.4, 0.5) is 16.2 Å². The molecule has 1 N–H and O–H groups in total. The molecule has 1 aromatic heterocycles. The molecule has 7 nitrogen and oxygen atoms in total. The lowest BCUT2D eigenvalue weighted by Crippen LogP contribution is -2.48. The summed E-state index contributed by atoms with van der Waals surface area (Å²) in [6.07, 6.45) is 7.30. The molecule has 2 heterocycles. The van der Waals surface area contributed by atoms with E-state index in [9.17, 15) is 9.59 Å². The first kappa shape index (κ1) is 24.0. The maximum atomic E-state index is 12.8. The van der Waals surface area contributed by atoms with Gasteiger partial charge in [0.1, 0.15) is 5.60 Å². The van der Waals surface area contributed by atoms with Gasteiger partial charge in [-0.1, -0.05) is 42.5 Å². The lowest BCUT2D eigenvalue weighted by molar-refractivity contribution is 0.0146. The normalized spacial score (nSPS) is 12.3. The molecule has 0 bridgehead atoms. The van der Waals surface area contributed by atoms with Crippen LogP contribution >= 0.6 is 0 Å². The van der Waals surface area contributed by atoms with Gasteiger partial charge in [-0.25, -0.2) is 9.80 Å². The van der Waals surface area contributed by atoms with Gasteiger partial charge in [0.15, 0.2) is 0 Å². The molecule has 2 amide bonds. The fourth-order valence-corrected chi connectivity index (χ4v) is 3.82. The summed E-state index contributed by atoms with van der Waals surface area (Å²) in [6, 6.07) is 17.6. The Kier molecular flexibility index (Phi) is 6.87. The Hall–Kier alpha value is -4.13. The third-order valence-electron chi connectivity index (χ3n) is 5.52. The fourth-order valence-electron chi connectivity index (χ4n) is 3.82. The number of hydrogen-bond acceptors (Lipinski definition) is 5. The van der Waals surface area contributed by atoms with E-state index in [1.54, 1.807) is 46.0 Å². The first-order valence-corrected chi connectivity index (χ1v) is 11.6. The zero-order valence-corrected chi connectivity index (χ0v) is 20.5. The number of anilines is 2. The third kappa shape index (κ3) is 5.69. The Bertz CT molecular complexity index is 1200. The van der Waals surface area contributed by atoms with Crippen LogP contribution in [0.25, 0.3) is 12.2 Å². The number of pyridine rings is 1. The molecule has 4 rings (SSSR count). The molecule has 1 aliphatic heterocycles. The van der Waals surface area contributed by atoms with Gasteiger partial charge < -0.3 is 9.64 Å². The van der Waals surface area contributed by atoms with Gasteiger partial charge in [-0.05, 0) is 63.1 Å². The summed E-state index contributed by atoms with van der Waals surface area (Å²) in [7, 11) is 0. The summed E-state index contributed by atoms with van der Waals surface area (Å²) in [6.45, 7) is 8.02. The number of benzene rings is 2. The van der Waals surface area contributed by atoms with E-state index in [1.165, 1.54) is 5.01 Å². The second-order valence-corrected chi connectivity index (χ2v) is 9.28. The number of hydrogen-bond donors (Lipinski definition) is 1. The van der Waals surface area contributed by atoms with Crippen molar-refractivity contribution in [1.29, 1.82) is 0 Å². The van der Waals surface area contributed by atoms with Crippen LogP contribution in [0.1, 0.15) is 54.7 Å². The van der Waals surface area contributed by atoms with E-state index in [2.05, 4.69) is 39.6 Å². The second-order valence-electron chi connectivity index (χ2n) is 9.28. The number of carbonyl (C=O) groups excluding carboxylic acids is 2. The molecule has 0 atom stereocenters. The number of aromatic nitrogens is 1. The van der Waals surface area contributed by atoms with Crippen LogP contribution in [0.2, 0.25) is 0 Å². The summed E-state index contributed by atoms with van der Waals surface area (Å²) in [5.41, 5.74) is 7.81. The van der Waals surface area contributed by atoms with Gasteiger partial charge in [-0.15, -0.1) is 0 Å². The van der Waals surface area contributed by atoms with Crippen LogP contribution in [0.3, 0.4) is 0 Å². The van der Waals surface area contributed by atoms with E-state index in [4.69, 9.17) is 4.74 Å². The van der Waals surface area contributed by atoms with Gasteiger partial charge in [0.05, 0.1) is 11.9 Å². The summed E-state index contributed by atoms with van der Waals surface area (Å²) in [4.78, 5) is 31.7. The summed E-state index contributed by atoms with van der Waals surface area (Å²) < 4.78 is 5.36. The minimum atomic E-state index is -0.646. The number of hydrazine groups is 1. The van der Waals surface area contributed by atoms with Crippen LogP contribution in [0.15, 0.2) is 67.0 Å². The van der Waals surface area contributed by atoms with Crippen molar-refractivity contribution >= 4 is 35.5 Å². The van der Waals surface area contributed by atoms with Crippen molar-refractivity contribution in [1.82, 2.24) is 15.4 Å². The number of amides is 2. The molecule has 2 aromatic carbocycles. The number of rotatable bonds is 4. The molecule has 0 unspecified atom stereocenters. The average Bonchev–Trinajstić information content (AvgIpc) is 2.99. The first-order chi connectivity index (χ1) is 16.7. The van der Waals surface area contributed by atoms with Gasteiger partial charge in [-0.2, -0.15) is 0 Å². The van der Waals surface area contributed by atoms with Crippen LogP contribution in [-0.4, -0.2) is 34.1 Å². The Morgan fingerprint density at radius 2 is 1.66 bits per heavy atom. The van der Waals surface area contributed by atoms with E-state index >= 15 is 0 Å². The smallest absolute Gasteiger partial charge is 0.429 e. The van der Waals surface area contributed by atoms with Crippen molar-refractivity contribution < 1.29 is 14.3 Å². The molecule has 0 aliphatic carbocycles. The predicted molar refractivity (Wildman–Crippen MR) is 138 cm³/mol. The van der Waals surface area contributed by atoms with Gasteiger partial charge in [0.2, 0.25) is 0 Å². The lowest BCUT2D eigenvalue weighted by atomic mass is 10.1. The highest BCUT2D eigenvalue weighted by molar-refractivity contribution is 5.95. The summed E-state index contributed by atoms with van der Waals surface area (Å²) in [5, 5.41) is 1.17. The molecule has 7 heteroatoms. The first-order valence-electron chi connectivity index (χ1n) is 11.6. The zero-order valence-electron chi connectivity index (χ0n) is 20.5. The van der Waals surface area contributed by atoms with Crippen LogP contribution in [0.5, 0.6) is 0 Å². The molecule has 35 heavy (non-hydrogen) atoms. The highest BCUT2D eigenvalue weighted by Crippen LogP contribution is 2.36. The standard InChI is InChI=1S/C28H30N4O3/c1-5-32(27(34)35-28(2,3)4)30-26(33)23-12-10-20(11-13-23)19-31-24-9-7-6-8-21(24)14-15-22-16-17-29-18-25(22)31/h6-18H,5,19H2,1-4H3,(H,30,33). The van der Waals surface area contributed by atoms with Gasteiger partial charge >= 0.3 is 6.09 Å². The number of nitrogens with one attached hydrogen (secondary N) is 1. The SMILES string of the molecule is CCN(NC(=O)c1ccc(CN2c3ccccc3C=Cc3ccncc32)cc1)C(=O)OC(C)(C)C. The number of para-hydroxylation sites is 1. The molecule has 0 saturated carbocycles. The van der Waals surface area contributed by atoms with E-state index in [1.807, 2.05) is 36.5 Å². The van der Waals surface area contributed by atoms with E-state index in [0.29, 0.717) is 12.1 Å². The Labute approximate surface area is 206 Å². The molecule has 0 spiro atoms. The number of ether oxygens (including phenoxy) is 1. The van der Waals surface area contributed by atoms with Gasteiger partial charge in [0.25, 0.3) is 5.91 Å². The lowest BCUT2D eigenvalue weighted by Gasteiger charge is -2.27. The van der Waals surface area contributed by atoms with Crippen LogP contribution in [-0.2, 0) is 11.3 Å². The van der Waals surface area contributed by atoms with Crippen molar-refractivity contribution in [2.75, 3.05) is 11.4 Å². The van der Waals surface area contributed by atoms with E-state index < -0.39 is 11.7 Å². The average molecular weight is 471 g/mol. The van der Waals surface area contributed by atoms with Crippen LogP contribution < -0.4 is 10.3 Å². The van der Waals surface area contributed by atoms with Crippen molar-refractivity contribution in [3.05, 3.63) is 89.2 Å². The number of carbonyl (C=O) groups is 2. The Morgan fingerprint density at radius 3 is 2.34 bits per heavy atom. The highest BCUT2D eigenvalue weighted by atomic mass is 16.6. The largest absolute Gasteiger partial charge is 0.442 e. The molecule has 180 valence electrons. The van der Waals surface area contributed by atoms with Crippen molar-refractivity contribution in [3.8, 4) is 0 Å². The third-order valence-corrected chi connectivity index (χ3v) is 5.52. The predicted octanol–water partition coefficient (Wildman–Crippen LogP) is 5.81. The Balaban J connectivity index is 1.52. The number of nitrogens with zero attached hydrogens (tertiary/aromatic N) is 3. The molecule has 0 radical (unpaired) electrons. The molecule has 1 aliphatic rings. The highest BCUT2D eigenvalue weighted by Gasteiger charge is 2.23. The number of fused-ring (bicyclic) bond motifs is 2. The van der Waals surface area contributed by atoms with Gasteiger partial charge in [-0.3, -0.25) is 15.2 Å². The monoisotopic (exact) mass is 470 g/mol. The maximum absolute atomic E-state index is 12.8. The Morgan fingerprint density at radius 1 is 0.971 bits per heavy atom. The molecule has 0 saturated heterocycles. The molecular formula is C28H30N4O3. The van der Waals surface area contributed by atoms with E-state index in [-0.39, 0.29) is 12.5 Å². The molecule has 0 fully saturated rings. The van der Waals surface area contributed by atoms with Gasteiger partial charge in [0, 0.05) is 36.1 Å².